The molecule has 1 heterocycles. The molecule has 1 aromatic heterocycles. The highest BCUT2D eigenvalue weighted by Gasteiger charge is 2.37. The summed E-state index contributed by atoms with van der Waals surface area (Å²) in [6.45, 7) is 0. The minimum atomic E-state index is -5.42. The Labute approximate surface area is 185 Å². The summed E-state index contributed by atoms with van der Waals surface area (Å²) in [7, 11) is -5.21. The Balaban J connectivity index is 2.19. The number of hydrogen-bond acceptors (Lipinski definition) is 7. The predicted octanol–water partition coefficient (Wildman–Crippen LogP) is 4.62. The highest BCUT2D eigenvalue weighted by molar-refractivity contribution is 7.86. The topological polar surface area (TPSA) is 143 Å². The third-order valence-electron chi connectivity index (χ3n) is 3.89. The molecule has 0 atom stereocenters. The molecule has 0 amide bonds. The van der Waals surface area contributed by atoms with Crippen LogP contribution in [0.5, 0.6) is 5.75 Å². The molecule has 0 aliphatic heterocycles. The summed E-state index contributed by atoms with van der Waals surface area (Å²) in [4.78, 5) is 2.35. The molecule has 3 rings (SSSR count). The fourth-order valence-corrected chi connectivity index (χ4v) is 3.66. The third kappa shape index (κ3) is 5.77. The van der Waals surface area contributed by atoms with Gasteiger partial charge in [-0.05, 0) is 29.8 Å². The van der Waals surface area contributed by atoms with Crippen LogP contribution in [-0.4, -0.2) is 34.5 Å². The number of aromatic nitrogens is 3. The average molecular weight is 518 g/mol. The van der Waals surface area contributed by atoms with Gasteiger partial charge >= 0.3 is 12.5 Å². The fraction of sp³-hybridized carbons (Fsp3) is 0.125. The number of nitrogens with zero attached hydrogens (tertiary/aromatic N) is 2. The van der Waals surface area contributed by atoms with Crippen molar-refractivity contribution in [3.8, 4) is 16.9 Å². The van der Waals surface area contributed by atoms with Crippen molar-refractivity contribution in [1.82, 2.24) is 15.2 Å². The molecule has 17 heteroatoms. The molecule has 0 aliphatic rings. The molecule has 9 nitrogen and oxygen atoms in total. The number of nitrogens with one attached hydrogen (secondary N) is 2. The summed E-state index contributed by atoms with van der Waals surface area (Å²) in [6, 6.07) is 3.11. The maximum absolute atomic E-state index is 13.8. The number of nitrogen functional groups attached to an aromatic ring is 1. The Bertz CT molecular complexity index is 1310. The van der Waals surface area contributed by atoms with Crippen LogP contribution < -0.4 is 15.8 Å². The lowest BCUT2D eigenvalue weighted by molar-refractivity contribution is -0.275. The zero-order valence-corrected chi connectivity index (χ0v) is 17.2. The molecule has 0 unspecified atom stereocenters. The van der Waals surface area contributed by atoms with Crippen LogP contribution in [0.25, 0.3) is 11.1 Å². The van der Waals surface area contributed by atoms with Crippen molar-refractivity contribution in [3.63, 3.8) is 0 Å². The number of rotatable bonds is 5. The first-order valence-corrected chi connectivity index (χ1v) is 10.1. The zero-order valence-electron chi connectivity index (χ0n) is 15.6. The fourth-order valence-electron chi connectivity index (χ4n) is 2.74. The SMILES string of the molecule is Nc1nc(Nc2cc(Cl)c(-c3ccc(S(=O)(=O)O)c(OC(F)(F)F)c3)c(C(F)(F)F)c2)n[nH]1. The molecular formula is C16H10ClF6N5O4S. The van der Waals surface area contributed by atoms with E-state index < -0.39 is 55.0 Å². The van der Waals surface area contributed by atoms with Crippen molar-refractivity contribution < 1.29 is 44.0 Å². The van der Waals surface area contributed by atoms with Crippen molar-refractivity contribution in [2.45, 2.75) is 17.4 Å². The van der Waals surface area contributed by atoms with Gasteiger partial charge in [-0.3, -0.25) is 4.55 Å². The number of hydrogen-bond donors (Lipinski definition) is 4. The number of alkyl halides is 6. The van der Waals surface area contributed by atoms with Crippen molar-refractivity contribution in [1.29, 1.82) is 0 Å². The Morgan fingerprint density at radius 1 is 1.12 bits per heavy atom. The van der Waals surface area contributed by atoms with E-state index in [4.69, 9.17) is 21.9 Å². The van der Waals surface area contributed by atoms with Crippen LogP contribution in [-0.2, 0) is 16.3 Å². The van der Waals surface area contributed by atoms with Gasteiger partial charge in [-0.2, -0.15) is 26.6 Å². The molecule has 0 aliphatic carbocycles. The van der Waals surface area contributed by atoms with Crippen LogP contribution >= 0.6 is 11.6 Å². The highest BCUT2D eigenvalue weighted by Crippen LogP contribution is 2.45. The highest BCUT2D eigenvalue weighted by atomic mass is 35.5. The molecule has 0 fully saturated rings. The summed E-state index contributed by atoms with van der Waals surface area (Å²) in [6.07, 6.45) is -10.5. The van der Waals surface area contributed by atoms with E-state index in [1.54, 1.807) is 0 Å². The largest absolute Gasteiger partial charge is 0.573 e. The molecule has 5 N–H and O–H groups in total. The van der Waals surface area contributed by atoms with Crippen molar-refractivity contribution in [3.05, 3.63) is 40.9 Å². The minimum Gasteiger partial charge on any atom is -0.404 e. The van der Waals surface area contributed by atoms with Crippen LogP contribution in [0.3, 0.4) is 0 Å². The number of aromatic amines is 1. The van der Waals surface area contributed by atoms with Gasteiger partial charge in [0, 0.05) is 11.3 Å². The van der Waals surface area contributed by atoms with Gasteiger partial charge in [0.1, 0.15) is 4.90 Å². The summed E-state index contributed by atoms with van der Waals surface area (Å²) >= 11 is 6.02. The van der Waals surface area contributed by atoms with Gasteiger partial charge in [0.2, 0.25) is 11.9 Å². The first-order chi connectivity index (χ1) is 15.0. The van der Waals surface area contributed by atoms with E-state index in [9.17, 15) is 34.8 Å². The molecule has 2 aromatic carbocycles. The summed E-state index contributed by atoms with van der Waals surface area (Å²) in [5.41, 5.74) is 2.35. The monoisotopic (exact) mass is 517 g/mol. The Kier molecular flexibility index (Phi) is 6.12. The standard InChI is InChI=1S/C16H10ClF6N5O4S/c17-9-5-7(25-14-26-13(24)27-28-14)4-8(15(18,19)20)12(9)6-1-2-11(33(29,30)31)10(3-6)32-16(21,22)23/h1-5H,(H,29,30,31)(H4,24,25,26,27,28). The number of nitrogens with two attached hydrogens (primary N) is 1. The summed E-state index contributed by atoms with van der Waals surface area (Å²) < 4.78 is 115. The van der Waals surface area contributed by atoms with Crippen molar-refractivity contribution in [2.75, 3.05) is 11.1 Å². The van der Waals surface area contributed by atoms with E-state index in [0.29, 0.717) is 18.2 Å². The second-order valence-corrected chi connectivity index (χ2v) is 8.03. The average Bonchev–Trinajstić information content (AvgIpc) is 3.02. The van der Waals surface area contributed by atoms with Crippen LogP contribution in [0.2, 0.25) is 5.02 Å². The second-order valence-electron chi connectivity index (χ2n) is 6.23. The van der Waals surface area contributed by atoms with Gasteiger partial charge in [-0.1, -0.05) is 17.7 Å². The van der Waals surface area contributed by atoms with E-state index >= 15 is 0 Å². The van der Waals surface area contributed by atoms with Crippen LogP contribution in [0, 0.1) is 0 Å². The summed E-state index contributed by atoms with van der Waals surface area (Å²) in [5.74, 6) is -1.78. The van der Waals surface area contributed by atoms with Gasteiger partial charge in [0.25, 0.3) is 10.1 Å². The van der Waals surface area contributed by atoms with Gasteiger partial charge in [-0.15, -0.1) is 18.3 Å². The molecule has 178 valence electrons. The smallest absolute Gasteiger partial charge is 0.404 e. The van der Waals surface area contributed by atoms with Crippen LogP contribution in [0.4, 0.5) is 43.9 Å². The number of benzene rings is 2. The molecule has 0 bridgehead atoms. The lowest BCUT2D eigenvalue weighted by Gasteiger charge is -2.18. The zero-order chi connectivity index (χ0) is 24.8. The second kappa shape index (κ2) is 8.27. The first-order valence-electron chi connectivity index (χ1n) is 8.28. The van der Waals surface area contributed by atoms with E-state index in [-0.39, 0.29) is 17.6 Å². The normalized spacial score (nSPS) is 12.6. The van der Waals surface area contributed by atoms with E-state index in [0.717, 1.165) is 12.1 Å². The van der Waals surface area contributed by atoms with E-state index in [1.807, 2.05) is 0 Å². The minimum absolute atomic E-state index is 0.132. The predicted molar refractivity (Wildman–Crippen MR) is 102 cm³/mol. The number of ether oxygens (including phenoxy) is 1. The third-order valence-corrected chi connectivity index (χ3v) is 5.08. The number of halogens is 7. The van der Waals surface area contributed by atoms with Crippen molar-refractivity contribution >= 4 is 39.3 Å². The quantitative estimate of drug-likeness (QED) is 0.284. The molecule has 33 heavy (non-hydrogen) atoms. The van der Waals surface area contributed by atoms with Crippen LogP contribution in [0.15, 0.2) is 35.2 Å². The van der Waals surface area contributed by atoms with Crippen LogP contribution in [0.1, 0.15) is 5.56 Å². The lowest BCUT2D eigenvalue weighted by atomic mass is 9.98. The molecule has 0 saturated carbocycles. The van der Waals surface area contributed by atoms with Gasteiger partial charge in [-0.25, -0.2) is 5.10 Å². The van der Waals surface area contributed by atoms with E-state index in [1.165, 1.54) is 0 Å². The number of H-pyrrole nitrogens is 1. The van der Waals surface area contributed by atoms with Gasteiger partial charge < -0.3 is 15.8 Å². The Morgan fingerprint density at radius 2 is 1.79 bits per heavy atom. The maximum Gasteiger partial charge on any atom is 0.573 e. The van der Waals surface area contributed by atoms with Gasteiger partial charge in [0.05, 0.1) is 10.6 Å². The molecule has 3 aromatic rings. The summed E-state index contributed by atoms with van der Waals surface area (Å²) in [5, 5.41) is 7.69. The maximum atomic E-state index is 13.8. The van der Waals surface area contributed by atoms with Gasteiger partial charge in [0.15, 0.2) is 5.75 Å². The Hall–Kier alpha value is -3.24. The van der Waals surface area contributed by atoms with Crippen molar-refractivity contribution in [2.24, 2.45) is 0 Å². The number of anilines is 3. The molecule has 0 radical (unpaired) electrons. The lowest BCUT2D eigenvalue weighted by Crippen LogP contribution is -2.19. The molecule has 0 spiro atoms. The first kappa shape index (κ1) is 24.4. The molecular weight excluding hydrogens is 508 g/mol. The Morgan fingerprint density at radius 3 is 2.30 bits per heavy atom. The van der Waals surface area contributed by atoms with E-state index in [2.05, 4.69) is 25.2 Å². The molecule has 0 saturated heterocycles.